The van der Waals surface area contributed by atoms with Gasteiger partial charge in [0.15, 0.2) is 17.5 Å². The molecule has 35 heavy (non-hydrogen) atoms. The van der Waals surface area contributed by atoms with Gasteiger partial charge < -0.3 is 20.1 Å². The Bertz CT molecular complexity index is 1440. The lowest BCUT2D eigenvalue weighted by Crippen LogP contribution is -2.36. The van der Waals surface area contributed by atoms with Crippen molar-refractivity contribution in [3.8, 4) is 11.5 Å². The predicted octanol–water partition coefficient (Wildman–Crippen LogP) is 5.68. The molecule has 4 aromatic rings. The molecular weight excluding hydrogens is 461 g/mol. The standard InChI is InChI=1S/C25H19F3N4O3/c26-25(27,28)22-11-19(15-8-9-20-21(10-15)35-13-34-20)30-23-17(12-29-32(22)23)24(33)31-18-7-3-5-14-4-1-2-6-16(14)18/h1-10,12,19,22,30H,11,13H2,(H,31,33)/t19-,22+/m1/s1. The number of fused-ring (bicyclic) bond motifs is 3. The lowest BCUT2D eigenvalue weighted by molar-refractivity contribution is -0.173. The van der Waals surface area contributed by atoms with E-state index in [1.165, 1.54) is 6.20 Å². The van der Waals surface area contributed by atoms with Crippen LogP contribution >= 0.6 is 0 Å². The van der Waals surface area contributed by atoms with Crippen molar-refractivity contribution in [3.05, 3.63) is 78.0 Å². The van der Waals surface area contributed by atoms with Crippen LogP contribution in [0.4, 0.5) is 24.7 Å². The topological polar surface area (TPSA) is 77.4 Å². The molecule has 2 aliphatic heterocycles. The van der Waals surface area contributed by atoms with E-state index in [4.69, 9.17) is 9.47 Å². The highest BCUT2D eigenvalue weighted by Gasteiger charge is 2.47. The maximum atomic E-state index is 14.0. The van der Waals surface area contributed by atoms with E-state index < -0.39 is 24.2 Å². The minimum atomic E-state index is -4.55. The molecule has 0 aliphatic carbocycles. The molecule has 0 bridgehead atoms. The number of aromatic nitrogens is 2. The first kappa shape index (κ1) is 21.3. The van der Waals surface area contributed by atoms with E-state index in [2.05, 4.69) is 15.7 Å². The van der Waals surface area contributed by atoms with Crippen LogP contribution in [0.5, 0.6) is 11.5 Å². The number of rotatable bonds is 3. The lowest BCUT2D eigenvalue weighted by Gasteiger charge is -2.34. The number of halogens is 3. The highest BCUT2D eigenvalue weighted by atomic mass is 19.4. The molecule has 0 unspecified atom stereocenters. The summed E-state index contributed by atoms with van der Waals surface area (Å²) in [6.07, 6.45) is -3.67. The first-order valence-electron chi connectivity index (χ1n) is 11.0. The van der Waals surface area contributed by atoms with Gasteiger partial charge in [0.05, 0.1) is 12.2 Å². The Morgan fingerprint density at radius 2 is 1.86 bits per heavy atom. The summed E-state index contributed by atoms with van der Waals surface area (Å²) in [6.45, 7) is 0.0628. The van der Waals surface area contributed by atoms with E-state index in [9.17, 15) is 18.0 Å². The number of nitrogens with zero attached hydrogens (tertiary/aromatic N) is 2. The molecular formula is C25H19F3N4O3. The molecule has 3 heterocycles. The van der Waals surface area contributed by atoms with Gasteiger partial charge in [0.25, 0.3) is 5.91 Å². The lowest BCUT2D eigenvalue weighted by atomic mass is 9.96. The van der Waals surface area contributed by atoms with Gasteiger partial charge in [-0.2, -0.15) is 18.3 Å². The van der Waals surface area contributed by atoms with Crippen LogP contribution in [0.3, 0.4) is 0 Å². The van der Waals surface area contributed by atoms with E-state index in [-0.39, 0.29) is 24.6 Å². The van der Waals surface area contributed by atoms with Crippen LogP contribution in [0.1, 0.15) is 34.4 Å². The largest absolute Gasteiger partial charge is 0.454 e. The van der Waals surface area contributed by atoms with Crippen LogP contribution in [-0.4, -0.2) is 28.7 Å². The zero-order valence-electron chi connectivity index (χ0n) is 18.2. The molecule has 2 N–H and O–H groups in total. The van der Waals surface area contributed by atoms with Gasteiger partial charge in [-0.3, -0.25) is 4.79 Å². The fourth-order valence-electron chi connectivity index (χ4n) is 4.60. The number of ether oxygens (including phenoxy) is 2. The van der Waals surface area contributed by atoms with Crippen molar-refractivity contribution < 1.29 is 27.4 Å². The van der Waals surface area contributed by atoms with E-state index in [0.717, 1.165) is 15.5 Å². The summed E-state index contributed by atoms with van der Waals surface area (Å²) in [4.78, 5) is 13.2. The Kier molecular flexibility index (Phi) is 4.84. The predicted molar refractivity (Wildman–Crippen MR) is 123 cm³/mol. The second-order valence-electron chi connectivity index (χ2n) is 8.43. The molecule has 2 atom stereocenters. The number of benzene rings is 3. The minimum Gasteiger partial charge on any atom is -0.454 e. The summed E-state index contributed by atoms with van der Waals surface area (Å²) in [5, 5.41) is 11.6. The van der Waals surface area contributed by atoms with Crippen molar-refractivity contribution in [1.29, 1.82) is 0 Å². The Morgan fingerprint density at radius 3 is 2.71 bits per heavy atom. The van der Waals surface area contributed by atoms with Gasteiger partial charge in [-0.05, 0) is 29.1 Å². The minimum absolute atomic E-state index is 0.0129. The van der Waals surface area contributed by atoms with Gasteiger partial charge in [0.1, 0.15) is 11.4 Å². The molecule has 1 amide bonds. The van der Waals surface area contributed by atoms with Gasteiger partial charge in [-0.1, -0.05) is 42.5 Å². The Hall–Kier alpha value is -4.21. The number of amides is 1. The molecule has 0 spiro atoms. The summed E-state index contributed by atoms with van der Waals surface area (Å²) in [5.74, 6) is 0.472. The van der Waals surface area contributed by atoms with E-state index in [1.54, 1.807) is 30.3 Å². The molecule has 7 nitrogen and oxygen atoms in total. The Labute approximate surface area is 197 Å². The average Bonchev–Trinajstić information content (AvgIpc) is 3.49. The van der Waals surface area contributed by atoms with Gasteiger partial charge >= 0.3 is 6.18 Å². The zero-order chi connectivity index (χ0) is 24.2. The second kappa shape index (κ2) is 7.93. The second-order valence-corrected chi connectivity index (χ2v) is 8.43. The summed E-state index contributed by atoms with van der Waals surface area (Å²) >= 11 is 0. The SMILES string of the molecule is O=C(Nc1cccc2ccccc12)c1cnn2c1N[C@@H](c1ccc3c(c1)OCO3)C[C@H]2C(F)(F)F. The number of alkyl halides is 3. The van der Waals surface area contributed by atoms with Gasteiger partial charge in [-0.25, -0.2) is 4.68 Å². The van der Waals surface area contributed by atoms with Crippen molar-refractivity contribution in [2.45, 2.75) is 24.7 Å². The number of nitrogens with one attached hydrogen (secondary N) is 2. The van der Waals surface area contributed by atoms with Crippen molar-refractivity contribution >= 4 is 28.2 Å². The zero-order valence-corrected chi connectivity index (χ0v) is 18.2. The third-order valence-corrected chi connectivity index (χ3v) is 6.32. The number of carbonyl (C=O) groups is 1. The van der Waals surface area contributed by atoms with Crippen LogP contribution in [0.15, 0.2) is 66.9 Å². The van der Waals surface area contributed by atoms with Crippen molar-refractivity contribution in [3.63, 3.8) is 0 Å². The molecule has 0 fully saturated rings. The molecule has 0 radical (unpaired) electrons. The van der Waals surface area contributed by atoms with E-state index >= 15 is 0 Å². The van der Waals surface area contributed by atoms with Gasteiger partial charge in [0.2, 0.25) is 6.79 Å². The highest BCUT2D eigenvalue weighted by molar-refractivity contribution is 6.11. The average molecular weight is 480 g/mol. The highest BCUT2D eigenvalue weighted by Crippen LogP contribution is 2.46. The molecule has 3 aromatic carbocycles. The number of carbonyl (C=O) groups excluding carboxylic acids is 1. The van der Waals surface area contributed by atoms with Crippen LogP contribution in [0.2, 0.25) is 0 Å². The fraction of sp³-hybridized carbons (Fsp3) is 0.200. The van der Waals surface area contributed by atoms with E-state index in [0.29, 0.717) is 22.7 Å². The van der Waals surface area contributed by atoms with E-state index in [1.807, 2.05) is 30.3 Å². The smallest absolute Gasteiger partial charge is 0.410 e. The Morgan fingerprint density at radius 1 is 1.06 bits per heavy atom. The molecule has 0 saturated heterocycles. The molecule has 6 rings (SSSR count). The van der Waals surface area contributed by atoms with Crippen LogP contribution in [0.25, 0.3) is 10.8 Å². The molecule has 1 aromatic heterocycles. The molecule has 178 valence electrons. The van der Waals surface area contributed by atoms with Crippen molar-refractivity contribution in [2.75, 3.05) is 17.4 Å². The monoisotopic (exact) mass is 480 g/mol. The van der Waals surface area contributed by atoms with Crippen LogP contribution in [-0.2, 0) is 0 Å². The molecule has 2 aliphatic rings. The summed E-state index contributed by atoms with van der Waals surface area (Å²) in [6, 6.07) is 15.4. The van der Waals surface area contributed by atoms with Crippen LogP contribution in [0, 0.1) is 0 Å². The Balaban J connectivity index is 1.36. The number of hydrogen-bond acceptors (Lipinski definition) is 5. The molecule has 10 heteroatoms. The third kappa shape index (κ3) is 3.71. The first-order valence-corrected chi connectivity index (χ1v) is 11.0. The summed E-state index contributed by atoms with van der Waals surface area (Å²) in [7, 11) is 0. The fourth-order valence-corrected chi connectivity index (χ4v) is 4.60. The maximum absolute atomic E-state index is 14.0. The quantitative estimate of drug-likeness (QED) is 0.395. The number of anilines is 2. The van der Waals surface area contributed by atoms with Crippen LogP contribution < -0.4 is 20.1 Å². The third-order valence-electron chi connectivity index (χ3n) is 6.32. The van der Waals surface area contributed by atoms with Gasteiger partial charge in [0, 0.05) is 17.5 Å². The maximum Gasteiger partial charge on any atom is 0.410 e. The summed E-state index contributed by atoms with van der Waals surface area (Å²) in [5.41, 5.74) is 1.18. The first-order chi connectivity index (χ1) is 16.9. The van der Waals surface area contributed by atoms with Gasteiger partial charge in [-0.15, -0.1) is 0 Å². The van der Waals surface area contributed by atoms with Crippen molar-refractivity contribution in [1.82, 2.24) is 9.78 Å². The number of hydrogen-bond donors (Lipinski definition) is 2. The normalized spacial score (nSPS) is 18.7. The van der Waals surface area contributed by atoms with Crippen molar-refractivity contribution in [2.24, 2.45) is 0 Å². The summed E-state index contributed by atoms with van der Waals surface area (Å²) < 4.78 is 53.6. The molecule has 0 saturated carbocycles.